The van der Waals surface area contributed by atoms with Gasteiger partial charge in [0.2, 0.25) is 0 Å². The highest BCUT2D eigenvalue weighted by Crippen LogP contribution is 2.19. The molecule has 1 rings (SSSR count). The lowest BCUT2D eigenvalue weighted by atomic mass is 10.1. The Morgan fingerprint density at radius 1 is 1.44 bits per heavy atom. The number of rotatable bonds is 6. The van der Waals surface area contributed by atoms with E-state index >= 15 is 0 Å². The predicted molar refractivity (Wildman–Crippen MR) is 78.7 cm³/mol. The summed E-state index contributed by atoms with van der Waals surface area (Å²) in [6.45, 7) is 9.83. The van der Waals surface area contributed by atoms with Crippen LogP contribution in [0, 0.1) is 17.8 Å². The van der Waals surface area contributed by atoms with Gasteiger partial charge in [-0.25, -0.2) is 0 Å². The number of hydrogen-bond donors (Lipinski definition) is 1. The maximum atomic E-state index is 8.75. The van der Waals surface area contributed by atoms with Crippen molar-refractivity contribution in [3.63, 3.8) is 0 Å². The first kappa shape index (κ1) is 15.2. The topological polar surface area (TPSA) is 23.5 Å². The number of thiophene rings is 1. The fraction of sp³-hybridized carbons (Fsp3) is 0.600. The fourth-order valence-electron chi connectivity index (χ4n) is 1.79. The van der Waals surface area contributed by atoms with Crippen LogP contribution in [-0.2, 0) is 6.54 Å². The Morgan fingerprint density at radius 2 is 2.22 bits per heavy atom. The summed E-state index contributed by atoms with van der Waals surface area (Å²) in [7, 11) is 0. The molecule has 3 heteroatoms. The van der Waals surface area contributed by atoms with Gasteiger partial charge >= 0.3 is 0 Å². The normalized spacial score (nSPS) is 12.3. The maximum Gasteiger partial charge on any atom is 0.104 e. The smallest absolute Gasteiger partial charge is 0.104 e. The molecule has 1 aromatic rings. The van der Waals surface area contributed by atoms with Crippen LogP contribution in [0.2, 0.25) is 0 Å². The zero-order valence-electron chi connectivity index (χ0n) is 11.6. The van der Waals surface area contributed by atoms with E-state index < -0.39 is 0 Å². The molecule has 100 valence electrons. The van der Waals surface area contributed by atoms with E-state index in [-0.39, 0.29) is 6.61 Å². The molecule has 0 aliphatic rings. The minimum Gasteiger partial charge on any atom is -0.384 e. The number of aliphatic hydroxyl groups is 1. The van der Waals surface area contributed by atoms with Gasteiger partial charge in [-0.05, 0) is 23.9 Å². The third kappa shape index (κ3) is 4.81. The monoisotopic (exact) mass is 265 g/mol. The predicted octanol–water partition coefficient (Wildman–Crippen LogP) is 2.96. The molecule has 2 nitrogen and oxygen atoms in total. The van der Waals surface area contributed by atoms with Gasteiger partial charge in [0.25, 0.3) is 0 Å². The van der Waals surface area contributed by atoms with E-state index in [2.05, 4.69) is 42.9 Å². The summed E-state index contributed by atoms with van der Waals surface area (Å²) in [5, 5.41) is 10.8. The standard InChI is InChI=1S/C15H23NOS/c1-4-13(3)11-16(5-2)12-15-14(7-6-9-17)8-10-18-15/h8,10,13,17H,4-5,9,11-12H2,1-3H3. The van der Waals surface area contributed by atoms with Gasteiger partial charge in [-0.1, -0.05) is 39.0 Å². The Hall–Kier alpha value is -0.820. The van der Waals surface area contributed by atoms with Crippen molar-refractivity contribution in [1.29, 1.82) is 0 Å². The molecule has 0 saturated carbocycles. The average Bonchev–Trinajstić information content (AvgIpc) is 2.82. The lowest BCUT2D eigenvalue weighted by Crippen LogP contribution is -2.27. The summed E-state index contributed by atoms with van der Waals surface area (Å²) in [5.74, 6) is 6.48. The van der Waals surface area contributed by atoms with Crippen molar-refractivity contribution in [2.45, 2.75) is 33.7 Å². The van der Waals surface area contributed by atoms with Crippen LogP contribution in [0.4, 0.5) is 0 Å². The molecule has 1 N–H and O–H groups in total. The van der Waals surface area contributed by atoms with E-state index in [4.69, 9.17) is 5.11 Å². The second kappa shape index (κ2) is 8.31. The van der Waals surface area contributed by atoms with E-state index in [1.165, 1.54) is 11.3 Å². The molecule has 0 bridgehead atoms. The number of nitrogens with zero attached hydrogens (tertiary/aromatic N) is 1. The van der Waals surface area contributed by atoms with Crippen molar-refractivity contribution in [3.05, 3.63) is 21.9 Å². The van der Waals surface area contributed by atoms with Crippen molar-refractivity contribution in [1.82, 2.24) is 4.90 Å². The van der Waals surface area contributed by atoms with Crippen LogP contribution < -0.4 is 0 Å². The Kier molecular flexibility index (Phi) is 7.04. The SMILES string of the molecule is CCC(C)CN(CC)Cc1sccc1C#CCO. The molecule has 0 aliphatic heterocycles. The molecule has 1 atom stereocenters. The highest BCUT2D eigenvalue weighted by molar-refractivity contribution is 7.10. The van der Waals surface area contributed by atoms with Gasteiger partial charge in [0.05, 0.1) is 0 Å². The average molecular weight is 265 g/mol. The first-order valence-corrected chi connectivity index (χ1v) is 7.47. The van der Waals surface area contributed by atoms with Crippen molar-refractivity contribution in [2.75, 3.05) is 19.7 Å². The Labute approximate surface area is 115 Å². The number of hydrogen-bond acceptors (Lipinski definition) is 3. The van der Waals surface area contributed by atoms with Gasteiger partial charge in [0, 0.05) is 23.5 Å². The fourth-order valence-corrected chi connectivity index (χ4v) is 2.66. The lowest BCUT2D eigenvalue weighted by molar-refractivity contribution is 0.240. The van der Waals surface area contributed by atoms with Crippen molar-refractivity contribution in [2.24, 2.45) is 5.92 Å². The van der Waals surface area contributed by atoms with Gasteiger partial charge in [-0.15, -0.1) is 11.3 Å². The van der Waals surface area contributed by atoms with E-state index in [0.717, 1.165) is 31.1 Å². The van der Waals surface area contributed by atoms with Gasteiger partial charge in [0.15, 0.2) is 0 Å². The zero-order chi connectivity index (χ0) is 13.4. The van der Waals surface area contributed by atoms with E-state index in [9.17, 15) is 0 Å². The molecular weight excluding hydrogens is 242 g/mol. The van der Waals surface area contributed by atoms with Crippen LogP contribution >= 0.6 is 11.3 Å². The molecule has 1 unspecified atom stereocenters. The summed E-state index contributed by atoms with van der Waals surface area (Å²) in [4.78, 5) is 3.77. The third-order valence-corrected chi connectivity index (χ3v) is 4.03. The van der Waals surface area contributed by atoms with Crippen LogP contribution in [0.1, 0.15) is 37.6 Å². The molecular formula is C15H23NOS. The van der Waals surface area contributed by atoms with Crippen molar-refractivity contribution < 1.29 is 5.11 Å². The summed E-state index contributed by atoms with van der Waals surface area (Å²) in [6, 6.07) is 2.04. The van der Waals surface area contributed by atoms with Gasteiger partial charge in [-0.2, -0.15) is 0 Å². The molecule has 0 radical (unpaired) electrons. The molecule has 0 saturated heterocycles. The summed E-state index contributed by atoms with van der Waals surface area (Å²) in [5.41, 5.74) is 1.07. The third-order valence-electron chi connectivity index (χ3n) is 3.13. The first-order chi connectivity index (χ1) is 8.71. The lowest BCUT2D eigenvalue weighted by Gasteiger charge is -2.23. The van der Waals surface area contributed by atoms with Gasteiger partial charge in [0.1, 0.15) is 6.61 Å². The minimum absolute atomic E-state index is 0.0698. The van der Waals surface area contributed by atoms with Crippen molar-refractivity contribution in [3.8, 4) is 11.8 Å². The van der Waals surface area contributed by atoms with Crippen LogP contribution in [0.3, 0.4) is 0 Å². The van der Waals surface area contributed by atoms with Crippen LogP contribution in [0.15, 0.2) is 11.4 Å². The first-order valence-electron chi connectivity index (χ1n) is 6.59. The van der Waals surface area contributed by atoms with E-state index in [0.29, 0.717) is 0 Å². The molecule has 18 heavy (non-hydrogen) atoms. The molecule has 1 aromatic heterocycles. The van der Waals surface area contributed by atoms with Crippen LogP contribution in [0.25, 0.3) is 0 Å². The molecule has 1 heterocycles. The summed E-state index contributed by atoms with van der Waals surface area (Å²) >= 11 is 1.75. The van der Waals surface area contributed by atoms with Crippen molar-refractivity contribution >= 4 is 11.3 Å². The largest absolute Gasteiger partial charge is 0.384 e. The minimum atomic E-state index is -0.0698. The molecule has 0 aliphatic carbocycles. The quantitative estimate of drug-likeness (QED) is 0.799. The molecule has 0 aromatic carbocycles. The summed E-state index contributed by atoms with van der Waals surface area (Å²) in [6.07, 6.45) is 1.22. The van der Waals surface area contributed by atoms with Crippen LogP contribution in [0.5, 0.6) is 0 Å². The van der Waals surface area contributed by atoms with Gasteiger partial charge in [-0.3, -0.25) is 4.90 Å². The Morgan fingerprint density at radius 3 is 2.83 bits per heavy atom. The van der Waals surface area contributed by atoms with E-state index in [1.807, 2.05) is 6.07 Å². The molecule has 0 fully saturated rings. The second-order valence-electron chi connectivity index (χ2n) is 4.56. The highest BCUT2D eigenvalue weighted by atomic mass is 32.1. The van der Waals surface area contributed by atoms with E-state index in [1.54, 1.807) is 11.3 Å². The maximum absolute atomic E-state index is 8.75. The highest BCUT2D eigenvalue weighted by Gasteiger charge is 2.10. The molecule has 0 amide bonds. The van der Waals surface area contributed by atoms with Gasteiger partial charge < -0.3 is 5.11 Å². The van der Waals surface area contributed by atoms with Crippen LogP contribution in [-0.4, -0.2) is 29.7 Å². The Bertz CT molecular complexity index is 402. The second-order valence-corrected chi connectivity index (χ2v) is 5.56. The number of aliphatic hydroxyl groups excluding tert-OH is 1. The molecule has 0 spiro atoms. The summed E-state index contributed by atoms with van der Waals surface area (Å²) < 4.78 is 0. The zero-order valence-corrected chi connectivity index (χ0v) is 12.4. The Balaban J connectivity index is 2.67.